The predicted octanol–water partition coefficient (Wildman–Crippen LogP) is 3.04. The van der Waals surface area contributed by atoms with Gasteiger partial charge in [-0.25, -0.2) is 4.39 Å². The first kappa shape index (κ1) is 17.7. The molecule has 0 aliphatic rings. The molecule has 23 heavy (non-hydrogen) atoms. The highest BCUT2D eigenvalue weighted by Gasteiger charge is 2.25. The van der Waals surface area contributed by atoms with Crippen molar-refractivity contribution in [1.29, 1.82) is 0 Å². The van der Waals surface area contributed by atoms with E-state index in [2.05, 4.69) is 10.3 Å². The lowest BCUT2D eigenvalue weighted by atomic mass is 10.0. The Balaban J connectivity index is 2.12. The van der Waals surface area contributed by atoms with Crippen LogP contribution in [-0.2, 0) is 4.79 Å². The summed E-state index contributed by atoms with van der Waals surface area (Å²) in [6.45, 7) is -0.949. The van der Waals surface area contributed by atoms with E-state index in [0.717, 1.165) is 11.3 Å². The second-order valence-electron chi connectivity index (χ2n) is 4.85. The van der Waals surface area contributed by atoms with Gasteiger partial charge in [-0.1, -0.05) is 53.5 Å². The number of alkyl halides is 3. The summed E-state index contributed by atoms with van der Waals surface area (Å²) >= 11 is 10.8. The van der Waals surface area contributed by atoms with Gasteiger partial charge in [0.2, 0.25) is 0 Å². The average Bonchev–Trinajstić information content (AvgIpc) is 2.59. The fourth-order valence-corrected chi connectivity index (χ4v) is 2.19. The van der Waals surface area contributed by atoms with Crippen LogP contribution in [0.1, 0.15) is 11.7 Å². The number of benzene rings is 1. The molecule has 0 spiro atoms. The van der Waals surface area contributed by atoms with Crippen molar-refractivity contribution in [3.8, 4) is 11.3 Å². The van der Waals surface area contributed by atoms with Crippen molar-refractivity contribution in [1.82, 2.24) is 10.3 Å². The number of hydrogen-bond donors (Lipinski definition) is 2. The zero-order chi connectivity index (χ0) is 16.8. The molecule has 2 aromatic rings. The number of nitrogens with zero attached hydrogens (tertiary/aromatic N) is 1. The molecule has 0 saturated carbocycles. The van der Waals surface area contributed by atoms with Crippen LogP contribution in [0.2, 0.25) is 0 Å². The van der Waals surface area contributed by atoms with E-state index >= 15 is 0 Å². The lowest BCUT2D eigenvalue weighted by molar-refractivity contribution is -0.121. The molecular weight excluding hydrogens is 342 g/mol. The van der Waals surface area contributed by atoms with Crippen LogP contribution in [0.3, 0.4) is 0 Å². The summed E-state index contributed by atoms with van der Waals surface area (Å²) in [7, 11) is 0. The van der Waals surface area contributed by atoms with E-state index < -0.39 is 29.6 Å². The molecule has 4 nitrogen and oxygen atoms in total. The number of carbonyl (C=O) groups is 1. The molecule has 0 radical (unpaired) electrons. The van der Waals surface area contributed by atoms with E-state index in [1.165, 1.54) is 0 Å². The van der Waals surface area contributed by atoms with Crippen LogP contribution in [0.4, 0.5) is 4.39 Å². The lowest BCUT2D eigenvalue weighted by Crippen LogP contribution is -2.43. The second-order valence-corrected chi connectivity index (χ2v) is 5.95. The number of pyridine rings is 1. The minimum absolute atomic E-state index is 0.466. The van der Waals surface area contributed by atoms with Crippen molar-refractivity contribution in [2.45, 2.75) is 17.0 Å². The van der Waals surface area contributed by atoms with Crippen molar-refractivity contribution in [3.05, 3.63) is 54.2 Å². The number of amides is 1. The van der Waals surface area contributed by atoms with Gasteiger partial charge >= 0.3 is 0 Å². The van der Waals surface area contributed by atoms with E-state index in [0.29, 0.717) is 5.56 Å². The van der Waals surface area contributed by atoms with Crippen LogP contribution >= 0.6 is 23.2 Å². The van der Waals surface area contributed by atoms with Gasteiger partial charge in [-0.3, -0.25) is 9.78 Å². The number of aliphatic hydroxyl groups is 1. The van der Waals surface area contributed by atoms with Gasteiger partial charge in [0.05, 0.1) is 11.7 Å². The Morgan fingerprint density at radius 2 is 1.91 bits per heavy atom. The number of aliphatic hydroxyl groups excluding tert-OH is 1. The molecule has 0 fully saturated rings. The van der Waals surface area contributed by atoms with Crippen LogP contribution in [0, 0.1) is 0 Å². The van der Waals surface area contributed by atoms with Gasteiger partial charge in [0.25, 0.3) is 5.91 Å². The highest BCUT2D eigenvalue weighted by Crippen LogP contribution is 2.22. The third-order valence-electron chi connectivity index (χ3n) is 3.29. The number of rotatable bonds is 6. The normalized spacial score (nSPS) is 13.6. The molecule has 7 heteroatoms. The van der Waals surface area contributed by atoms with E-state index in [9.17, 15) is 14.3 Å². The molecule has 1 amide bonds. The van der Waals surface area contributed by atoms with Gasteiger partial charge in [-0.15, -0.1) is 0 Å². The van der Waals surface area contributed by atoms with Crippen molar-refractivity contribution in [3.63, 3.8) is 0 Å². The molecule has 2 rings (SSSR count). The van der Waals surface area contributed by atoms with Crippen LogP contribution in [0.5, 0.6) is 0 Å². The van der Waals surface area contributed by atoms with Crippen LogP contribution in [-0.4, -0.2) is 33.6 Å². The summed E-state index contributed by atoms with van der Waals surface area (Å²) in [6, 6.07) is 11.3. The van der Waals surface area contributed by atoms with Crippen molar-refractivity contribution < 1.29 is 14.3 Å². The van der Waals surface area contributed by atoms with E-state index in [1.54, 1.807) is 30.5 Å². The van der Waals surface area contributed by atoms with Crippen LogP contribution < -0.4 is 5.32 Å². The smallest absolute Gasteiger partial charge is 0.253 e. The summed E-state index contributed by atoms with van der Waals surface area (Å²) in [5.41, 5.74) is 2.12. The molecule has 1 heterocycles. The summed E-state index contributed by atoms with van der Waals surface area (Å²) < 4.78 is 13.1. The molecule has 1 aromatic heterocycles. The monoisotopic (exact) mass is 356 g/mol. The zero-order valence-corrected chi connectivity index (χ0v) is 13.5. The fraction of sp³-hybridized carbons (Fsp3) is 0.250. The van der Waals surface area contributed by atoms with Gasteiger partial charge in [0.15, 0.2) is 4.84 Å². The standard InChI is InChI=1S/C16H15Cl2FN2O2/c17-15(18)16(23)21-13(9-19)14(22)11-6-4-10(5-7-11)12-3-1-2-8-20-12/h1-8,13-15,22H,9H2,(H,21,23). The van der Waals surface area contributed by atoms with Gasteiger partial charge in [0, 0.05) is 11.8 Å². The largest absolute Gasteiger partial charge is 0.386 e. The molecule has 1 aromatic carbocycles. The zero-order valence-electron chi connectivity index (χ0n) is 12.0. The van der Waals surface area contributed by atoms with Gasteiger partial charge < -0.3 is 10.4 Å². The Labute approximate surface area is 143 Å². The highest BCUT2D eigenvalue weighted by atomic mass is 35.5. The van der Waals surface area contributed by atoms with E-state index in [-0.39, 0.29) is 0 Å². The SMILES string of the molecule is O=C(NC(CF)C(O)c1ccc(-c2ccccn2)cc1)C(Cl)Cl. The number of aromatic nitrogens is 1. The Morgan fingerprint density at radius 1 is 1.22 bits per heavy atom. The molecule has 2 atom stereocenters. The van der Waals surface area contributed by atoms with Crippen molar-refractivity contribution in [2.75, 3.05) is 6.67 Å². The highest BCUT2D eigenvalue weighted by molar-refractivity contribution is 6.53. The Hall–Kier alpha value is -1.69. The summed E-state index contributed by atoms with van der Waals surface area (Å²) in [5, 5.41) is 12.5. The minimum atomic E-state index is -1.32. The van der Waals surface area contributed by atoms with Crippen molar-refractivity contribution in [2.24, 2.45) is 0 Å². The maximum absolute atomic E-state index is 13.1. The second kappa shape index (κ2) is 8.24. The third kappa shape index (κ3) is 4.64. The van der Waals surface area contributed by atoms with Crippen molar-refractivity contribution >= 4 is 29.1 Å². The predicted molar refractivity (Wildman–Crippen MR) is 88.0 cm³/mol. The number of nitrogens with one attached hydrogen (secondary N) is 1. The van der Waals surface area contributed by atoms with Crippen LogP contribution in [0.25, 0.3) is 11.3 Å². The number of carbonyl (C=O) groups excluding carboxylic acids is 1. The third-order valence-corrected chi connectivity index (χ3v) is 3.68. The van der Waals surface area contributed by atoms with E-state index in [1.807, 2.05) is 18.2 Å². The Morgan fingerprint density at radius 3 is 2.43 bits per heavy atom. The summed E-state index contributed by atoms with van der Waals surface area (Å²) in [6.07, 6.45) is 0.468. The molecule has 0 bridgehead atoms. The van der Waals surface area contributed by atoms with Gasteiger partial charge in [-0.2, -0.15) is 0 Å². The van der Waals surface area contributed by atoms with Gasteiger partial charge in [-0.05, 0) is 17.7 Å². The topological polar surface area (TPSA) is 62.2 Å². The first-order valence-corrected chi connectivity index (χ1v) is 7.74. The number of hydrogen-bond acceptors (Lipinski definition) is 3. The minimum Gasteiger partial charge on any atom is -0.386 e. The Bertz CT molecular complexity index is 638. The molecule has 2 unspecified atom stereocenters. The average molecular weight is 357 g/mol. The van der Waals surface area contributed by atoms with Gasteiger partial charge in [0.1, 0.15) is 12.8 Å². The molecule has 0 aliphatic carbocycles. The van der Waals surface area contributed by atoms with Crippen LogP contribution in [0.15, 0.2) is 48.7 Å². The number of halogens is 3. The first-order valence-electron chi connectivity index (χ1n) is 6.87. The summed E-state index contributed by atoms with van der Waals surface area (Å²) in [5.74, 6) is -0.750. The fourth-order valence-electron chi connectivity index (χ4n) is 2.06. The lowest BCUT2D eigenvalue weighted by Gasteiger charge is -2.22. The molecular formula is C16H15Cl2FN2O2. The molecule has 2 N–H and O–H groups in total. The summed E-state index contributed by atoms with van der Waals surface area (Å²) in [4.78, 5) is 14.3. The molecule has 0 saturated heterocycles. The Kier molecular flexibility index (Phi) is 6.33. The quantitative estimate of drug-likeness (QED) is 0.782. The van der Waals surface area contributed by atoms with E-state index in [4.69, 9.17) is 23.2 Å². The maximum Gasteiger partial charge on any atom is 0.253 e. The molecule has 0 aliphatic heterocycles. The maximum atomic E-state index is 13.1. The first-order chi connectivity index (χ1) is 11.0. The molecule has 122 valence electrons.